The van der Waals surface area contributed by atoms with Gasteiger partial charge in [0.15, 0.2) is 5.01 Å². The first-order valence-electron chi connectivity index (χ1n) is 5.57. The van der Waals surface area contributed by atoms with Crippen LogP contribution in [0.15, 0.2) is 11.6 Å². The Bertz CT molecular complexity index is 321. The third kappa shape index (κ3) is 3.37. The minimum absolute atomic E-state index is 0.0150. The minimum Gasteiger partial charge on any atom is -0.373 e. The molecule has 0 unspecified atom stereocenters. The summed E-state index contributed by atoms with van der Waals surface area (Å²) in [6.07, 6.45) is 4.04. The molecular formula is C11H16N2O2S. The summed E-state index contributed by atoms with van der Waals surface area (Å²) >= 11 is 1.36. The predicted molar refractivity (Wildman–Crippen MR) is 62.9 cm³/mol. The van der Waals surface area contributed by atoms with Crippen LogP contribution in [0.1, 0.15) is 22.6 Å². The molecule has 0 saturated carbocycles. The maximum Gasteiger partial charge on any atom is 0.216 e. The SMILES string of the molecule is O=C(COC[C@H]1CCCNC1)c1nccs1. The average molecular weight is 240 g/mol. The van der Waals surface area contributed by atoms with Crippen molar-refractivity contribution < 1.29 is 9.53 Å². The fraction of sp³-hybridized carbons (Fsp3) is 0.636. The molecule has 1 aliphatic heterocycles. The van der Waals surface area contributed by atoms with Gasteiger partial charge in [-0.1, -0.05) is 0 Å². The third-order valence-corrected chi connectivity index (χ3v) is 3.47. The summed E-state index contributed by atoms with van der Waals surface area (Å²) < 4.78 is 5.44. The molecule has 16 heavy (non-hydrogen) atoms. The van der Waals surface area contributed by atoms with E-state index in [1.165, 1.54) is 24.2 Å². The largest absolute Gasteiger partial charge is 0.373 e. The van der Waals surface area contributed by atoms with E-state index in [0.717, 1.165) is 13.1 Å². The quantitative estimate of drug-likeness (QED) is 0.789. The van der Waals surface area contributed by atoms with E-state index in [-0.39, 0.29) is 12.4 Å². The molecule has 1 fully saturated rings. The molecule has 0 aliphatic carbocycles. The fourth-order valence-electron chi connectivity index (χ4n) is 1.81. The van der Waals surface area contributed by atoms with E-state index >= 15 is 0 Å². The average Bonchev–Trinajstić information content (AvgIpc) is 2.84. The first-order chi connectivity index (χ1) is 7.86. The number of nitrogens with one attached hydrogen (secondary N) is 1. The number of piperidine rings is 1. The molecule has 2 heterocycles. The number of rotatable bonds is 5. The van der Waals surface area contributed by atoms with Crippen LogP contribution in [-0.2, 0) is 4.74 Å². The van der Waals surface area contributed by atoms with Gasteiger partial charge in [-0.25, -0.2) is 4.98 Å². The first kappa shape index (κ1) is 11.7. The van der Waals surface area contributed by atoms with Crippen molar-refractivity contribution in [3.05, 3.63) is 16.6 Å². The molecule has 0 spiro atoms. The number of carbonyl (C=O) groups is 1. The van der Waals surface area contributed by atoms with Crippen LogP contribution in [0.5, 0.6) is 0 Å². The van der Waals surface area contributed by atoms with Crippen LogP contribution in [0.25, 0.3) is 0 Å². The summed E-state index contributed by atoms with van der Waals surface area (Å²) in [5.41, 5.74) is 0. The van der Waals surface area contributed by atoms with Gasteiger partial charge in [-0.05, 0) is 25.3 Å². The number of ketones is 1. The molecule has 88 valence electrons. The van der Waals surface area contributed by atoms with E-state index in [1.807, 2.05) is 0 Å². The van der Waals surface area contributed by atoms with Crippen LogP contribution in [-0.4, -0.2) is 37.1 Å². The van der Waals surface area contributed by atoms with Gasteiger partial charge in [0, 0.05) is 18.1 Å². The molecule has 4 nitrogen and oxygen atoms in total. The minimum atomic E-state index is -0.0150. The Morgan fingerprint density at radius 1 is 1.69 bits per heavy atom. The zero-order valence-corrected chi connectivity index (χ0v) is 9.96. The molecule has 1 atom stereocenters. The van der Waals surface area contributed by atoms with E-state index in [9.17, 15) is 4.79 Å². The van der Waals surface area contributed by atoms with Gasteiger partial charge in [-0.15, -0.1) is 11.3 Å². The molecular weight excluding hydrogens is 224 g/mol. The van der Waals surface area contributed by atoms with Crippen molar-refractivity contribution in [2.45, 2.75) is 12.8 Å². The zero-order valence-electron chi connectivity index (χ0n) is 9.15. The molecule has 0 bridgehead atoms. The maximum atomic E-state index is 11.6. The lowest BCUT2D eigenvalue weighted by molar-refractivity contribution is 0.0645. The van der Waals surface area contributed by atoms with Gasteiger partial charge in [0.05, 0.1) is 6.61 Å². The Hall–Kier alpha value is -0.780. The monoisotopic (exact) mass is 240 g/mol. The number of ether oxygens (including phenoxy) is 1. The van der Waals surface area contributed by atoms with Crippen LogP contribution < -0.4 is 5.32 Å². The van der Waals surface area contributed by atoms with Crippen molar-refractivity contribution in [1.82, 2.24) is 10.3 Å². The normalized spacial score (nSPS) is 20.9. The van der Waals surface area contributed by atoms with Gasteiger partial charge < -0.3 is 10.1 Å². The Balaban J connectivity index is 1.66. The Kier molecular flexibility index (Phi) is 4.44. The van der Waals surface area contributed by atoms with E-state index in [2.05, 4.69) is 10.3 Å². The van der Waals surface area contributed by atoms with Crippen molar-refractivity contribution in [2.24, 2.45) is 5.92 Å². The molecule has 0 radical (unpaired) electrons. The smallest absolute Gasteiger partial charge is 0.216 e. The lowest BCUT2D eigenvalue weighted by Crippen LogP contribution is -2.32. The fourth-order valence-corrected chi connectivity index (χ4v) is 2.37. The molecule has 0 amide bonds. The number of hydrogen-bond donors (Lipinski definition) is 1. The number of hydrogen-bond acceptors (Lipinski definition) is 5. The van der Waals surface area contributed by atoms with Crippen LogP contribution >= 0.6 is 11.3 Å². The Labute approximate surface area is 99.0 Å². The van der Waals surface area contributed by atoms with Crippen LogP contribution in [0.2, 0.25) is 0 Å². The van der Waals surface area contributed by atoms with Crippen LogP contribution in [0.3, 0.4) is 0 Å². The van der Waals surface area contributed by atoms with Gasteiger partial charge in [0.25, 0.3) is 0 Å². The maximum absolute atomic E-state index is 11.6. The highest BCUT2D eigenvalue weighted by Gasteiger charge is 2.14. The number of aromatic nitrogens is 1. The summed E-state index contributed by atoms with van der Waals surface area (Å²) in [4.78, 5) is 15.5. The summed E-state index contributed by atoms with van der Waals surface area (Å²) in [7, 11) is 0. The first-order valence-corrected chi connectivity index (χ1v) is 6.45. The molecule has 2 rings (SSSR count). The van der Waals surface area contributed by atoms with Crippen molar-refractivity contribution >= 4 is 17.1 Å². The standard InChI is InChI=1S/C11H16N2O2S/c14-10(11-13-4-5-16-11)8-15-7-9-2-1-3-12-6-9/h4-5,9,12H,1-3,6-8H2/t9-/m0/s1. The highest BCUT2D eigenvalue weighted by atomic mass is 32.1. The molecule has 0 aromatic carbocycles. The van der Waals surface area contributed by atoms with Crippen molar-refractivity contribution in [3.8, 4) is 0 Å². The number of thiazole rings is 1. The molecule has 1 saturated heterocycles. The molecule has 5 heteroatoms. The van der Waals surface area contributed by atoms with Crippen molar-refractivity contribution in [1.29, 1.82) is 0 Å². The van der Waals surface area contributed by atoms with Crippen LogP contribution in [0, 0.1) is 5.92 Å². The second-order valence-electron chi connectivity index (χ2n) is 3.99. The van der Waals surface area contributed by atoms with E-state index < -0.39 is 0 Å². The molecule has 1 aromatic heterocycles. The zero-order chi connectivity index (χ0) is 11.2. The highest BCUT2D eigenvalue weighted by Crippen LogP contribution is 2.10. The van der Waals surface area contributed by atoms with Gasteiger partial charge in [-0.2, -0.15) is 0 Å². The van der Waals surface area contributed by atoms with Gasteiger partial charge >= 0.3 is 0 Å². The van der Waals surface area contributed by atoms with Gasteiger partial charge in [-0.3, -0.25) is 4.79 Å². The van der Waals surface area contributed by atoms with Gasteiger partial charge in [0.2, 0.25) is 5.78 Å². The van der Waals surface area contributed by atoms with E-state index in [4.69, 9.17) is 4.74 Å². The summed E-state index contributed by atoms with van der Waals surface area (Å²) in [5, 5.41) is 5.67. The lowest BCUT2D eigenvalue weighted by Gasteiger charge is -2.22. The number of nitrogens with zero attached hydrogens (tertiary/aromatic N) is 1. The Morgan fingerprint density at radius 2 is 2.62 bits per heavy atom. The van der Waals surface area contributed by atoms with E-state index in [1.54, 1.807) is 11.6 Å². The van der Waals surface area contributed by atoms with Crippen molar-refractivity contribution in [3.63, 3.8) is 0 Å². The second kappa shape index (κ2) is 6.08. The third-order valence-electron chi connectivity index (χ3n) is 2.66. The number of carbonyl (C=O) groups excluding carboxylic acids is 1. The topological polar surface area (TPSA) is 51.2 Å². The summed E-state index contributed by atoms with van der Waals surface area (Å²) in [5.74, 6) is 0.539. The highest BCUT2D eigenvalue weighted by molar-refractivity contribution is 7.11. The predicted octanol–water partition coefficient (Wildman–Crippen LogP) is 1.34. The summed E-state index contributed by atoms with van der Waals surface area (Å²) in [6.45, 7) is 2.94. The second-order valence-corrected chi connectivity index (χ2v) is 4.88. The van der Waals surface area contributed by atoms with Crippen LogP contribution in [0.4, 0.5) is 0 Å². The number of Topliss-reactive ketones (excluding diaryl/α,β-unsaturated/α-hetero) is 1. The van der Waals surface area contributed by atoms with Gasteiger partial charge in [0.1, 0.15) is 6.61 Å². The van der Waals surface area contributed by atoms with Crippen molar-refractivity contribution in [2.75, 3.05) is 26.3 Å². The molecule has 1 N–H and O–H groups in total. The molecule has 1 aromatic rings. The summed E-state index contributed by atoms with van der Waals surface area (Å²) in [6, 6.07) is 0. The molecule has 1 aliphatic rings. The lowest BCUT2D eigenvalue weighted by atomic mass is 10.0. The van der Waals surface area contributed by atoms with E-state index in [0.29, 0.717) is 17.5 Å². The Morgan fingerprint density at radius 3 is 3.31 bits per heavy atom.